The standard InChI is InChI=1S/C19H23NO2S/c1-14-10-12-17(13-11-14)23(22)19(3,4)18(20-15(2)21)16-8-6-5-7-9-16/h5-13,18H,1-4H3,(H,20,21)/t18-,23-/m0/s1. The Labute approximate surface area is 140 Å². The molecular weight excluding hydrogens is 306 g/mol. The van der Waals surface area contributed by atoms with E-state index in [2.05, 4.69) is 5.32 Å². The van der Waals surface area contributed by atoms with Crippen molar-refractivity contribution in [3.05, 3.63) is 65.7 Å². The van der Waals surface area contributed by atoms with Gasteiger partial charge in [-0.2, -0.15) is 0 Å². The van der Waals surface area contributed by atoms with Gasteiger partial charge in [0.25, 0.3) is 0 Å². The van der Waals surface area contributed by atoms with E-state index >= 15 is 0 Å². The minimum absolute atomic E-state index is 0.132. The Balaban J connectivity index is 2.40. The predicted octanol–water partition coefficient (Wildman–Crippen LogP) is 3.76. The van der Waals surface area contributed by atoms with E-state index in [4.69, 9.17) is 0 Å². The maximum atomic E-state index is 13.1. The van der Waals surface area contributed by atoms with Crippen LogP contribution < -0.4 is 5.32 Å². The van der Waals surface area contributed by atoms with Crippen LogP contribution in [0.4, 0.5) is 0 Å². The van der Waals surface area contributed by atoms with E-state index < -0.39 is 15.5 Å². The summed E-state index contributed by atoms with van der Waals surface area (Å²) < 4.78 is 12.5. The zero-order chi connectivity index (χ0) is 17.0. The van der Waals surface area contributed by atoms with Gasteiger partial charge in [-0.15, -0.1) is 0 Å². The quantitative estimate of drug-likeness (QED) is 0.908. The lowest BCUT2D eigenvalue weighted by molar-refractivity contribution is -0.119. The van der Waals surface area contributed by atoms with E-state index in [0.717, 1.165) is 16.0 Å². The summed E-state index contributed by atoms with van der Waals surface area (Å²) >= 11 is 0. The van der Waals surface area contributed by atoms with Crippen LogP contribution in [0.3, 0.4) is 0 Å². The summed E-state index contributed by atoms with van der Waals surface area (Å²) in [5.74, 6) is -0.132. The van der Waals surface area contributed by atoms with Gasteiger partial charge in [-0.25, -0.2) is 0 Å². The van der Waals surface area contributed by atoms with Crippen molar-refractivity contribution in [1.29, 1.82) is 0 Å². The lowest BCUT2D eigenvalue weighted by atomic mass is 9.95. The van der Waals surface area contributed by atoms with E-state index in [1.165, 1.54) is 6.92 Å². The maximum Gasteiger partial charge on any atom is 0.217 e. The van der Waals surface area contributed by atoms with Crippen molar-refractivity contribution in [3.63, 3.8) is 0 Å². The molecule has 1 amide bonds. The van der Waals surface area contributed by atoms with Crippen LogP contribution in [0.1, 0.15) is 37.9 Å². The fourth-order valence-electron chi connectivity index (χ4n) is 2.58. The molecular formula is C19H23NO2S. The average molecular weight is 329 g/mol. The summed E-state index contributed by atoms with van der Waals surface area (Å²) in [6.45, 7) is 7.34. The molecule has 2 aromatic rings. The van der Waals surface area contributed by atoms with Gasteiger partial charge in [0, 0.05) is 11.8 Å². The van der Waals surface area contributed by atoms with Crippen molar-refractivity contribution in [1.82, 2.24) is 5.32 Å². The molecule has 3 nitrogen and oxygen atoms in total. The summed E-state index contributed by atoms with van der Waals surface area (Å²) in [6.07, 6.45) is 0. The molecule has 4 heteroatoms. The number of nitrogens with one attached hydrogen (secondary N) is 1. The Morgan fingerprint density at radius 1 is 1.04 bits per heavy atom. The summed E-state index contributed by atoms with van der Waals surface area (Å²) in [7, 11) is -1.26. The third kappa shape index (κ3) is 4.08. The summed E-state index contributed by atoms with van der Waals surface area (Å²) in [5, 5.41) is 2.97. The second kappa shape index (κ2) is 7.09. The molecule has 0 unspecified atom stereocenters. The minimum Gasteiger partial charge on any atom is -0.348 e. The highest BCUT2D eigenvalue weighted by molar-refractivity contribution is 7.86. The minimum atomic E-state index is -1.26. The SMILES string of the molecule is CC(=O)N[C@@H](c1ccccc1)C(C)(C)[S@@](=O)c1ccc(C)cc1. The van der Waals surface area contributed by atoms with Gasteiger partial charge in [0.1, 0.15) is 0 Å². The van der Waals surface area contributed by atoms with Crippen molar-refractivity contribution >= 4 is 16.7 Å². The number of hydrogen-bond acceptors (Lipinski definition) is 2. The van der Waals surface area contributed by atoms with Gasteiger partial charge in [0.2, 0.25) is 5.91 Å². The molecule has 0 aliphatic heterocycles. The van der Waals surface area contributed by atoms with Gasteiger partial charge in [-0.05, 0) is 38.5 Å². The molecule has 1 N–H and O–H groups in total. The zero-order valence-corrected chi connectivity index (χ0v) is 14.8. The van der Waals surface area contributed by atoms with Crippen LogP contribution >= 0.6 is 0 Å². The lowest BCUT2D eigenvalue weighted by Crippen LogP contribution is -2.44. The van der Waals surface area contributed by atoms with Crippen molar-refractivity contribution < 1.29 is 9.00 Å². The monoisotopic (exact) mass is 329 g/mol. The summed E-state index contributed by atoms with van der Waals surface area (Å²) in [4.78, 5) is 12.4. The third-order valence-electron chi connectivity index (χ3n) is 3.89. The van der Waals surface area contributed by atoms with Crippen LogP contribution in [0, 0.1) is 6.92 Å². The number of benzene rings is 2. The number of aryl methyl sites for hydroxylation is 1. The van der Waals surface area contributed by atoms with Crippen molar-refractivity contribution in [3.8, 4) is 0 Å². The van der Waals surface area contributed by atoms with Crippen molar-refractivity contribution in [2.24, 2.45) is 0 Å². The molecule has 2 rings (SSSR count). The van der Waals surface area contributed by atoms with E-state index in [1.54, 1.807) is 0 Å². The van der Waals surface area contributed by atoms with Gasteiger partial charge in [-0.3, -0.25) is 9.00 Å². The first-order chi connectivity index (χ1) is 10.8. The zero-order valence-electron chi connectivity index (χ0n) is 14.0. The first kappa shape index (κ1) is 17.4. The number of carbonyl (C=O) groups is 1. The predicted molar refractivity (Wildman–Crippen MR) is 94.7 cm³/mol. The van der Waals surface area contributed by atoms with Gasteiger partial charge in [0.15, 0.2) is 0 Å². The average Bonchev–Trinajstić information content (AvgIpc) is 2.53. The Morgan fingerprint density at radius 2 is 1.61 bits per heavy atom. The summed E-state index contributed by atoms with van der Waals surface area (Å²) in [5.41, 5.74) is 2.08. The molecule has 0 aliphatic carbocycles. The fraction of sp³-hybridized carbons (Fsp3) is 0.316. The maximum absolute atomic E-state index is 13.1. The Morgan fingerprint density at radius 3 is 2.13 bits per heavy atom. The number of amides is 1. The van der Waals surface area contributed by atoms with Crippen LogP contribution in [-0.4, -0.2) is 14.9 Å². The molecule has 2 aromatic carbocycles. The van der Waals surface area contributed by atoms with Gasteiger partial charge < -0.3 is 5.32 Å². The highest BCUT2D eigenvalue weighted by Crippen LogP contribution is 2.34. The largest absolute Gasteiger partial charge is 0.348 e. The van der Waals surface area contributed by atoms with Gasteiger partial charge in [0.05, 0.1) is 21.6 Å². The highest BCUT2D eigenvalue weighted by atomic mass is 32.2. The summed E-state index contributed by atoms with van der Waals surface area (Å²) in [6, 6.07) is 17.1. The molecule has 0 aliphatic rings. The Kier molecular flexibility index (Phi) is 5.37. The van der Waals surface area contributed by atoms with Gasteiger partial charge in [-0.1, -0.05) is 48.0 Å². The smallest absolute Gasteiger partial charge is 0.217 e. The first-order valence-corrected chi connectivity index (χ1v) is 8.78. The van der Waals surface area contributed by atoms with E-state index in [0.29, 0.717) is 0 Å². The van der Waals surface area contributed by atoms with Crippen LogP contribution in [-0.2, 0) is 15.6 Å². The Bertz CT molecular complexity index is 693. The fourth-order valence-corrected chi connectivity index (χ4v) is 3.98. The molecule has 0 fully saturated rings. The second-order valence-electron chi connectivity index (χ2n) is 6.23. The lowest BCUT2D eigenvalue weighted by Gasteiger charge is -2.34. The van der Waals surface area contributed by atoms with Crippen LogP contribution in [0.15, 0.2) is 59.5 Å². The molecule has 122 valence electrons. The molecule has 2 atom stereocenters. The molecule has 23 heavy (non-hydrogen) atoms. The van der Waals surface area contributed by atoms with E-state index in [9.17, 15) is 9.00 Å². The van der Waals surface area contributed by atoms with Crippen LogP contribution in [0.5, 0.6) is 0 Å². The molecule has 0 saturated carbocycles. The number of rotatable bonds is 5. The molecule has 0 spiro atoms. The third-order valence-corrected chi connectivity index (χ3v) is 5.78. The second-order valence-corrected chi connectivity index (χ2v) is 8.29. The van der Waals surface area contributed by atoms with Crippen LogP contribution in [0.25, 0.3) is 0 Å². The van der Waals surface area contributed by atoms with E-state index in [1.807, 2.05) is 75.4 Å². The number of carbonyl (C=O) groups excluding carboxylic acids is 1. The molecule has 0 radical (unpaired) electrons. The molecule has 0 heterocycles. The van der Waals surface area contributed by atoms with Crippen molar-refractivity contribution in [2.75, 3.05) is 0 Å². The highest BCUT2D eigenvalue weighted by Gasteiger charge is 2.38. The topological polar surface area (TPSA) is 46.2 Å². The normalized spacial score (nSPS) is 14.1. The van der Waals surface area contributed by atoms with Crippen molar-refractivity contribution in [2.45, 2.75) is 43.4 Å². The molecule has 0 bridgehead atoms. The molecule has 0 saturated heterocycles. The van der Waals surface area contributed by atoms with E-state index in [-0.39, 0.29) is 11.9 Å². The molecule has 0 aromatic heterocycles. The number of hydrogen-bond donors (Lipinski definition) is 1. The van der Waals surface area contributed by atoms with Crippen LogP contribution in [0.2, 0.25) is 0 Å². The Hall–Kier alpha value is -1.94. The van der Waals surface area contributed by atoms with Gasteiger partial charge >= 0.3 is 0 Å². The first-order valence-electron chi connectivity index (χ1n) is 7.63.